The van der Waals surface area contributed by atoms with E-state index in [0.29, 0.717) is 21.7 Å². The summed E-state index contributed by atoms with van der Waals surface area (Å²) in [5, 5.41) is 26.8. The molecule has 1 spiro atoms. The van der Waals surface area contributed by atoms with Gasteiger partial charge in [-0.3, -0.25) is 4.79 Å². The van der Waals surface area contributed by atoms with E-state index in [9.17, 15) is 15.0 Å². The second-order valence-electron chi connectivity index (χ2n) is 7.19. The molecule has 3 N–H and O–H groups in total. The van der Waals surface area contributed by atoms with Gasteiger partial charge in [0.15, 0.2) is 6.23 Å². The summed E-state index contributed by atoms with van der Waals surface area (Å²) in [5.74, 6) is -0.995. The Kier molecular flexibility index (Phi) is 2.74. The Bertz CT molecular complexity index is 1130. The predicted molar refractivity (Wildman–Crippen MR) is 94.2 cm³/mol. The van der Waals surface area contributed by atoms with Crippen LogP contribution < -0.4 is 5.32 Å². The zero-order valence-electron chi connectivity index (χ0n) is 14.0. The molecule has 3 aromatic heterocycles. The van der Waals surface area contributed by atoms with Gasteiger partial charge in [0, 0.05) is 17.3 Å². The Balaban J connectivity index is 1.62. The number of hydrogen-bond donors (Lipinski definition) is 3. The second kappa shape index (κ2) is 4.72. The molecule has 10 heteroatoms. The number of ether oxygens (including phenoxy) is 2. The summed E-state index contributed by atoms with van der Waals surface area (Å²) in [6.07, 6.45) is 1.02. The number of aliphatic hydroxyl groups is 2. The highest BCUT2D eigenvalue weighted by Crippen LogP contribution is 2.53. The Morgan fingerprint density at radius 2 is 2.22 bits per heavy atom. The van der Waals surface area contributed by atoms with Gasteiger partial charge in [-0.25, -0.2) is 9.97 Å². The van der Waals surface area contributed by atoms with E-state index in [2.05, 4.69) is 15.3 Å². The monoisotopic (exact) mass is 386 g/mol. The third-order valence-electron chi connectivity index (χ3n) is 5.47. The lowest BCUT2D eigenvalue weighted by molar-refractivity contribution is -0.107. The average molecular weight is 386 g/mol. The summed E-state index contributed by atoms with van der Waals surface area (Å²) >= 11 is 1.34. The quantitative estimate of drug-likeness (QED) is 0.535. The fourth-order valence-corrected chi connectivity index (χ4v) is 4.82. The van der Waals surface area contributed by atoms with Gasteiger partial charge in [0.25, 0.3) is 5.91 Å². The molecule has 27 heavy (non-hydrogen) atoms. The van der Waals surface area contributed by atoms with E-state index in [-0.39, 0.29) is 12.5 Å². The highest BCUT2D eigenvalue weighted by molar-refractivity contribution is 7.12. The van der Waals surface area contributed by atoms with Gasteiger partial charge in [-0.1, -0.05) is 0 Å². The minimum atomic E-state index is -1.59. The molecule has 6 rings (SSSR count). The summed E-state index contributed by atoms with van der Waals surface area (Å²) in [6, 6.07) is 1.87. The zero-order valence-corrected chi connectivity index (χ0v) is 14.9. The van der Waals surface area contributed by atoms with Crippen LogP contribution in [0.4, 0.5) is 5.82 Å². The molecule has 138 valence electrons. The molecule has 0 radical (unpaired) electrons. The first kappa shape index (κ1) is 15.7. The van der Waals surface area contributed by atoms with Gasteiger partial charge in [-0.15, -0.1) is 11.3 Å². The number of aliphatic hydroxyl groups excluding tert-OH is 1. The molecule has 0 bridgehead atoms. The number of rotatable bonds is 1. The second-order valence-corrected chi connectivity index (χ2v) is 8.10. The van der Waals surface area contributed by atoms with Crippen LogP contribution in [0.5, 0.6) is 0 Å². The van der Waals surface area contributed by atoms with Crippen molar-refractivity contribution in [2.45, 2.75) is 30.6 Å². The Labute approximate surface area is 156 Å². The molecule has 3 aliphatic rings. The van der Waals surface area contributed by atoms with Crippen molar-refractivity contribution >= 4 is 34.1 Å². The maximum atomic E-state index is 12.5. The first-order valence-corrected chi connectivity index (χ1v) is 9.27. The van der Waals surface area contributed by atoms with Crippen LogP contribution in [0.15, 0.2) is 24.0 Å². The smallest absolute Gasteiger partial charge is 0.267 e. The van der Waals surface area contributed by atoms with E-state index in [4.69, 9.17) is 9.47 Å². The molecule has 3 aromatic rings. The Morgan fingerprint density at radius 3 is 2.96 bits per heavy atom. The van der Waals surface area contributed by atoms with Crippen molar-refractivity contribution < 1.29 is 24.5 Å². The molecule has 9 nitrogen and oxygen atoms in total. The van der Waals surface area contributed by atoms with Crippen LogP contribution in [-0.4, -0.2) is 54.8 Å². The third kappa shape index (κ3) is 1.83. The maximum Gasteiger partial charge on any atom is 0.267 e. The van der Waals surface area contributed by atoms with Crippen molar-refractivity contribution in [3.8, 4) is 11.1 Å². The van der Waals surface area contributed by atoms with E-state index in [0.717, 1.165) is 11.1 Å². The highest BCUT2D eigenvalue weighted by atomic mass is 32.1. The number of aromatic nitrogens is 3. The number of nitrogens with zero attached hydrogens (tertiary/aromatic N) is 3. The number of carbonyl (C=O) groups excluding carboxylic acids is 1. The number of carbonyl (C=O) groups is 1. The van der Waals surface area contributed by atoms with Crippen LogP contribution in [-0.2, 0) is 9.47 Å². The molecule has 4 atom stereocenters. The lowest BCUT2D eigenvalue weighted by atomic mass is 9.96. The SMILES string of the molecule is CC1(O)C(n2cc3c4c(ncnc42)NC(=O)c2sccc2-3)O[C@@]2(CO2)[C@H]1O. The van der Waals surface area contributed by atoms with E-state index < -0.39 is 23.7 Å². The van der Waals surface area contributed by atoms with Gasteiger partial charge in [-0.2, -0.15) is 0 Å². The molecular formula is C17H14N4O5S. The van der Waals surface area contributed by atoms with E-state index in [1.165, 1.54) is 24.6 Å². The van der Waals surface area contributed by atoms with Gasteiger partial charge in [-0.05, 0) is 18.4 Å². The van der Waals surface area contributed by atoms with Crippen molar-refractivity contribution in [2.75, 3.05) is 11.9 Å². The van der Waals surface area contributed by atoms with Crippen molar-refractivity contribution in [1.82, 2.24) is 14.5 Å². The van der Waals surface area contributed by atoms with Gasteiger partial charge in [0.2, 0.25) is 5.79 Å². The molecule has 6 heterocycles. The fourth-order valence-electron chi connectivity index (χ4n) is 4.01. The zero-order chi connectivity index (χ0) is 18.6. The lowest BCUT2D eigenvalue weighted by Gasteiger charge is -2.27. The number of hydrogen-bond acceptors (Lipinski definition) is 8. The van der Waals surface area contributed by atoms with Crippen LogP contribution in [0.1, 0.15) is 22.8 Å². The molecule has 2 saturated heterocycles. The molecule has 0 saturated carbocycles. The molecule has 0 aromatic carbocycles. The van der Waals surface area contributed by atoms with E-state index in [1.807, 2.05) is 11.4 Å². The summed E-state index contributed by atoms with van der Waals surface area (Å²) in [6.45, 7) is 1.73. The van der Waals surface area contributed by atoms with Gasteiger partial charge >= 0.3 is 0 Å². The molecule has 2 unspecified atom stereocenters. The molecule has 2 fully saturated rings. The normalized spacial score (nSPS) is 34.0. The van der Waals surface area contributed by atoms with Gasteiger partial charge in [0.05, 0.1) is 5.39 Å². The Hall–Kier alpha value is -2.37. The maximum absolute atomic E-state index is 12.5. The van der Waals surface area contributed by atoms with Gasteiger partial charge in [0.1, 0.15) is 41.0 Å². The molecule has 0 aliphatic carbocycles. The number of amides is 1. The lowest BCUT2D eigenvalue weighted by Crippen LogP contribution is -2.44. The van der Waals surface area contributed by atoms with E-state index in [1.54, 1.807) is 10.8 Å². The first-order valence-electron chi connectivity index (χ1n) is 8.39. The van der Waals surface area contributed by atoms with Crippen LogP contribution in [0, 0.1) is 0 Å². The summed E-state index contributed by atoms with van der Waals surface area (Å²) in [7, 11) is 0. The Morgan fingerprint density at radius 1 is 1.41 bits per heavy atom. The fraction of sp³-hybridized carbons (Fsp3) is 0.353. The minimum absolute atomic E-state index is 0.215. The van der Waals surface area contributed by atoms with Crippen molar-refractivity contribution in [3.63, 3.8) is 0 Å². The number of fused-ring (bicyclic) bond motifs is 2. The van der Waals surface area contributed by atoms with Crippen LogP contribution >= 0.6 is 11.3 Å². The predicted octanol–water partition coefficient (Wildman–Crippen LogP) is 1.09. The summed E-state index contributed by atoms with van der Waals surface area (Å²) < 4.78 is 12.9. The van der Waals surface area contributed by atoms with E-state index >= 15 is 0 Å². The van der Waals surface area contributed by atoms with Crippen LogP contribution in [0.3, 0.4) is 0 Å². The number of anilines is 1. The molecule has 3 aliphatic heterocycles. The highest BCUT2D eigenvalue weighted by Gasteiger charge is 2.69. The first-order chi connectivity index (χ1) is 12.9. The third-order valence-corrected chi connectivity index (χ3v) is 6.38. The topological polar surface area (TPSA) is 122 Å². The van der Waals surface area contributed by atoms with Crippen molar-refractivity contribution in [3.05, 3.63) is 28.8 Å². The largest absolute Gasteiger partial charge is 0.384 e. The van der Waals surface area contributed by atoms with Crippen LogP contribution in [0.25, 0.3) is 22.2 Å². The molecule has 1 amide bonds. The number of epoxide rings is 1. The minimum Gasteiger partial charge on any atom is -0.384 e. The summed E-state index contributed by atoms with van der Waals surface area (Å²) in [4.78, 5) is 21.6. The van der Waals surface area contributed by atoms with Crippen molar-refractivity contribution in [2.24, 2.45) is 0 Å². The van der Waals surface area contributed by atoms with Crippen LogP contribution in [0.2, 0.25) is 0 Å². The number of nitrogens with one attached hydrogen (secondary N) is 1. The average Bonchev–Trinajstić information content (AvgIpc) is 3.05. The molecular weight excluding hydrogens is 372 g/mol. The van der Waals surface area contributed by atoms with Gasteiger partial charge < -0.3 is 29.6 Å². The standard InChI is InChI=1S/C17H14N4O5S/c1-16(24)14(23)17(5-25-17)26-15(16)21-4-8-7-2-3-27-10(7)13(22)20-11-9(8)12(21)19-6-18-11/h2-4,6,14-15,23-24H,5H2,1H3,(H,18,19,20,22)/t14-,15?,16?,17-/m0/s1. The van der Waals surface area contributed by atoms with Crippen molar-refractivity contribution in [1.29, 1.82) is 0 Å². The summed E-state index contributed by atoms with van der Waals surface area (Å²) in [5.41, 5.74) is 0.437. The number of thiophene rings is 1.